The van der Waals surface area contributed by atoms with E-state index in [0.717, 1.165) is 38.5 Å². The minimum atomic E-state index is -0.0416. The predicted molar refractivity (Wildman–Crippen MR) is 73.8 cm³/mol. The third-order valence-electron chi connectivity index (χ3n) is 3.19. The molecule has 3 rings (SSSR count). The molecular formula is C13H12N2OS. The first-order valence-corrected chi connectivity index (χ1v) is 6.31. The smallest absolute Gasteiger partial charge is 0.257 e. The second-order valence-corrected chi connectivity index (χ2v) is 5.07. The lowest BCUT2D eigenvalue weighted by atomic mass is 10.0. The number of thiophene rings is 1. The molecule has 0 atom stereocenters. The van der Waals surface area contributed by atoms with E-state index in [-0.39, 0.29) is 5.56 Å². The van der Waals surface area contributed by atoms with Crippen LogP contribution in [-0.2, 0) is 0 Å². The van der Waals surface area contributed by atoms with Crippen LogP contribution < -0.4 is 11.3 Å². The standard InChI is InChI=1S/C13H12N2OS/c1-6-3-7(2)12-10(11(6)14)8-4-17-5-9(8)13(16)15-12/h3-5H,14H2,1-2H3,(H,15,16). The number of anilines is 1. The second kappa shape index (κ2) is 3.34. The molecule has 0 fully saturated rings. The first kappa shape index (κ1) is 10.4. The van der Waals surface area contributed by atoms with Crippen molar-refractivity contribution in [2.45, 2.75) is 13.8 Å². The van der Waals surface area contributed by atoms with Crippen LogP contribution in [0.3, 0.4) is 0 Å². The highest BCUT2D eigenvalue weighted by Crippen LogP contribution is 2.32. The summed E-state index contributed by atoms with van der Waals surface area (Å²) in [6.07, 6.45) is 0. The number of benzene rings is 1. The molecule has 0 bridgehead atoms. The van der Waals surface area contributed by atoms with Crippen LogP contribution >= 0.6 is 11.3 Å². The molecule has 2 heterocycles. The number of nitrogens with one attached hydrogen (secondary N) is 1. The highest BCUT2D eigenvalue weighted by molar-refractivity contribution is 7.09. The number of fused-ring (bicyclic) bond motifs is 3. The molecule has 86 valence electrons. The quantitative estimate of drug-likeness (QED) is 0.597. The van der Waals surface area contributed by atoms with Gasteiger partial charge in [0.15, 0.2) is 0 Å². The van der Waals surface area contributed by atoms with Gasteiger partial charge in [-0.1, -0.05) is 6.07 Å². The second-order valence-electron chi connectivity index (χ2n) is 4.33. The van der Waals surface area contributed by atoms with E-state index < -0.39 is 0 Å². The Morgan fingerprint density at radius 3 is 2.65 bits per heavy atom. The number of nitrogen functional groups attached to an aromatic ring is 1. The van der Waals surface area contributed by atoms with Gasteiger partial charge in [0.05, 0.1) is 10.9 Å². The van der Waals surface area contributed by atoms with Crippen molar-refractivity contribution >= 4 is 38.7 Å². The zero-order valence-corrected chi connectivity index (χ0v) is 10.4. The van der Waals surface area contributed by atoms with Gasteiger partial charge in [-0.3, -0.25) is 4.79 Å². The van der Waals surface area contributed by atoms with Crippen LogP contribution in [0.5, 0.6) is 0 Å². The Labute approximate surface area is 102 Å². The van der Waals surface area contributed by atoms with Crippen LogP contribution in [0.25, 0.3) is 21.7 Å². The number of aromatic nitrogens is 1. The van der Waals surface area contributed by atoms with Gasteiger partial charge in [0.25, 0.3) is 5.56 Å². The largest absolute Gasteiger partial charge is 0.398 e. The first-order valence-electron chi connectivity index (χ1n) is 5.37. The maximum absolute atomic E-state index is 11.9. The first-order chi connectivity index (χ1) is 8.09. The lowest BCUT2D eigenvalue weighted by Gasteiger charge is -2.09. The minimum absolute atomic E-state index is 0.0416. The van der Waals surface area contributed by atoms with E-state index >= 15 is 0 Å². The van der Waals surface area contributed by atoms with Gasteiger partial charge >= 0.3 is 0 Å². The number of hydrogen-bond donors (Lipinski definition) is 2. The maximum atomic E-state index is 11.9. The summed E-state index contributed by atoms with van der Waals surface area (Å²) in [5, 5.41) is 6.50. The molecule has 0 amide bonds. The van der Waals surface area contributed by atoms with E-state index in [0.29, 0.717) is 0 Å². The molecule has 0 aliphatic carbocycles. The van der Waals surface area contributed by atoms with Crippen molar-refractivity contribution in [1.82, 2.24) is 4.98 Å². The van der Waals surface area contributed by atoms with Gasteiger partial charge in [0.1, 0.15) is 0 Å². The summed E-state index contributed by atoms with van der Waals surface area (Å²) in [7, 11) is 0. The third-order valence-corrected chi connectivity index (χ3v) is 3.93. The third kappa shape index (κ3) is 1.31. The van der Waals surface area contributed by atoms with E-state index in [9.17, 15) is 4.79 Å². The normalized spacial score (nSPS) is 11.4. The number of H-pyrrole nitrogens is 1. The van der Waals surface area contributed by atoms with Crippen molar-refractivity contribution in [2.24, 2.45) is 0 Å². The Hall–Kier alpha value is -1.81. The number of aryl methyl sites for hydroxylation is 2. The van der Waals surface area contributed by atoms with Gasteiger partial charge < -0.3 is 10.7 Å². The van der Waals surface area contributed by atoms with Gasteiger partial charge in [0.2, 0.25) is 0 Å². The molecule has 2 aromatic heterocycles. The van der Waals surface area contributed by atoms with E-state index in [1.807, 2.05) is 30.7 Å². The molecule has 1 aromatic carbocycles. The number of pyridine rings is 1. The van der Waals surface area contributed by atoms with Gasteiger partial charge in [-0.25, -0.2) is 0 Å². The number of hydrogen-bond acceptors (Lipinski definition) is 3. The zero-order chi connectivity index (χ0) is 12.2. The Balaban J connectivity index is 2.74. The molecule has 0 spiro atoms. The summed E-state index contributed by atoms with van der Waals surface area (Å²) in [4.78, 5) is 14.8. The van der Waals surface area contributed by atoms with Crippen LogP contribution in [0.2, 0.25) is 0 Å². The van der Waals surface area contributed by atoms with Crippen molar-refractivity contribution in [2.75, 3.05) is 5.73 Å². The summed E-state index contributed by atoms with van der Waals surface area (Å²) in [6, 6.07) is 2.01. The van der Waals surface area contributed by atoms with Crippen molar-refractivity contribution in [3.63, 3.8) is 0 Å². The molecule has 17 heavy (non-hydrogen) atoms. The average Bonchev–Trinajstić information content (AvgIpc) is 2.75. The molecule has 0 saturated heterocycles. The van der Waals surface area contributed by atoms with Crippen molar-refractivity contribution in [1.29, 1.82) is 0 Å². The summed E-state index contributed by atoms with van der Waals surface area (Å²) in [6.45, 7) is 3.98. The maximum Gasteiger partial charge on any atom is 0.257 e. The predicted octanol–water partition coefficient (Wildman–Crippen LogP) is 2.94. The van der Waals surface area contributed by atoms with Crippen molar-refractivity contribution in [3.8, 4) is 0 Å². The molecule has 3 nitrogen and oxygen atoms in total. The average molecular weight is 244 g/mol. The van der Waals surface area contributed by atoms with Gasteiger partial charge in [-0.2, -0.15) is 11.3 Å². The molecule has 0 radical (unpaired) electrons. The van der Waals surface area contributed by atoms with Crippen LogP contribution in [0.1, 0.15) is 11.1 Å². The van der Waals surface area contributed by atoms with Crippen LogP contribution in [-0.4, -0.2) is 4.98 Å². The topological polar surface area (TPSA) is 58.9 Å². The highest BCUT2D eigenvalue weighted by Gasteiger charge is 2.12. The molecule has 3 aromatic rings. The number of nitrogens with two attached hydrogens (primary N) is 1. The van der Waals surface area contributed by atoms with Gasteiger partial charge in [-0.05, 0) is 30.4 Å². The number of aromatic amines is 1. The highest BCUT2D eigenvalue weighted by atomic mass is 32.1. The molecule has 0 saturated carbocycles. The van der Waals surface area contributed by atoms with E-state index in [1.165, 1.54) is 11.3 Å². The molecular weight excluding hydrogens is 232 g/mol. The fraction of sp³-hybridized carbons (Fsp3) is 0.154. The Bertz CT molecular complexity index is 798. The monoisotopic (exact) mass is 244 g/mol. The van der Waals surface area contributed by atoms with E-state index in [1.54, 1.807) is 0 Å². The summed E-state index contributed by atoms with van der Waals surface area (Å²) in [5.74, 6) is 0. The van der Waals surface area contributed by atoms with Crippen LogP contribution in [0, 0.1) is 13.8 Å². The number of rotatable bonds is 0. The summed E-state index contributed by atoms with van der Waals surface area (Å²) >= 11 is 1.53. The van der Waals surface area contributed by atoms with Crippen molar-refractivity contribution < 1.29 is 0 Å². The van der Waals surface area contributed by atoms with E-state index in [2.05, 4.69) is 4.98 Å². The fourth-order valence-electron chi connectivity index (χ4n) is 2.29. The molecule has 0 aliphatic heterocycles. The lowest BCUT2D eigenvalue weighted by molar-refractivity contribution is 1.31. The zero-order valence-electron chi connectivity index (χ0n) is 9.63. The molecule has 3 N–H and O–H groups in total. The van der Waals surface area contributed by atoms with Crippen LogP contribution in [0.15, 0.2) is 21.6 Å². The Morgan fingerprint density at radius 2 is 1.88 bits per heavy atom. The Kier molecular flexibility index (Phi) is 2.03. The summed E-state index contributed by atoms with van der Waals surface area (Å²) in [5.41, 5.74) is 9.81. The fourth-order valence-corrected chi connectivity index (χ4v) is 3.11. The SMILES string of the molecule is Cc1cc(C)c2[nH]c(=O)c3cscc3c2c1N. The molecule has 0 aliphatic rings. The summed E-state index contributed by atoms with van der Waals surface area (Å²) < 4.78 is 0. The molecule has 4 heteroatoms. The van der Waals surface area contributed by atoms with Gasteiger partial charge in [-0.15, -0.1) is 0 Å². The molecule has 0 unspecified atom stereocenters. The minimum Gasteiger partial charge on any atom is -0.398 e. The Morgan fingerprint density at radius 1 is 1.18 bits per heavy atom. The lowest BCUT2D eigenvalue weighted by Crippen LogP contribution is -2.07. The van der Waals surface area contributed by atoms with Crippen molar-refractivity contribution in [3.05, 3.63) is 38.3 Å². The van der Waals surface area contributed by atoms with Gasteiger partial charge in [0, 0.05) is 21.8 Å². The van der Waals surface area contributed by atoms with Crippen LogP contribution in [0.4, 0.5) is 5.69 Å². The van der Waals surface area contributed by atoms with E-state index in [4.69, 9.17) is 5.73 Å².